The highest BCUT2D eigenvalue weighted by molar-refractivity contribution is 8.77. The lowest BCUT2D eigenvalue weighted by molar-refractivity contribution is -0.132. The number of nitrogens with zero attached hydrogens (tertiary/aromatic N) is 4. The summed E-state index contributed by atoms with van der Waals surface area (Å²) in [4.78, 5) is 53.3. The van der Waals surface area contributed by atoms with Crippen LogP contribution in [0.2, 0.25) is 0 Å². The number of hydrogen-bond donors (Lipinski definition) is 3. The van der Waals surface area contributed by atoms with Gasteiger partial charge in [-0.3, -0.25) is 19.2 Å². The van der Waals surface area contributed by atoms with Gasteiger partial charge in [-0.1, -0.05) is 83.1 Å². The average Bonchev–Trinajstić information content (AvgIpc) is 3.61. The maximum Gasteiger partial charge on any atom is 0.227 e. The van der Waals surface area contributed by atoms with Crippen molar-refractivity contribution in [2.45, 2.75) is 175 Å². The molecule has 2 heterocycles. The Kier molecular flexibility index (Phi) is 18.5. The minimum atomic E-state index is -0.555. The topological polar surface area (TPSA) is 171 Å². The van der Waals surface area contributed by atoms with E-state index in [1.807, 2.05) is 94.8 Å². The molecule has 1 aromatic heterocycles. The van der Waals surface area contributed by atoms with Crippen LogP contribution in [-0.2, 0) is 41.7 Å². The summed E-state index contributed by atoms with van der Waals surface area (Å²) in [6.07, 6.45) is 3.90. The summed E-state index contributed by atoms with van der Waals surface area (Å²) in [7, 11) is 3.55. The number of rotatable bonds is 25. The molecule has 0 spiro atoms. The number of carbonyl (C=O) groups excluding carboxylic acids is 4. The minimum absolute atomic E-state index is 0.0189. The van der Waals surface area contributed by atoms with E-state index in [-0.39, 0.29) is 52.9 Å². The predicted molar refractivity (Wildman–Crippen MR) is 262 cm³/mol. The Hall–Kier alpha value is -3.92. The number of nitrogens with two attached hydrogens (primary N) is 1. The third kappa shape index (κ3) is 16.2. The van der Waals surface area contributed by atoms with Gasteiger partial charge in [-0.15, -0.1) is 5.10 Å². The molecule has 0 atom stereocenters. The number of amides is 4. The summed E-state index contributed by atoms with van der Waals surface area (Å²) in [6.45, 7) is 26.1. The Morgan fingerprint density at radius 3 is 2.08 bits per heavy atom. The molecule has 354 valence electrons. The van der Waals surface area contributed by atoms with Crippen molar-refractivity contribution in [2.24, 2.45) is 11.1 Å². The fraction of sp³-hybridized carbons (Fsp3) is 0.633. The van der Waals surface area contributed by atoms with Crippen molar-refractivity contribution in [1.29, 1.82) is 0 Å². The second-order valence-electron chi connectivity index (χ2n) is 20.5. The molecule has 1 aliphatic rings. The van der Waals surface area contributed by atoms with Gasteiger partial charge in [0.05, 0.1) is 29.1 Å². The van der Waals surface area contributed by atoms with Crippen LogP contribution in [0.5, 0.6) is 0 Å². The number of carbonyl (C=O) groups is 4. The lowest BCUT2D eigenvalue weighted by Crippen LogP contribution is -2.45. The number of aryl methyl sites for hydroxylation is 1. The summed E-state index contributed by atoms with van der Waals surface area (Å²) in [6, 6.07) is 15.9. The zero-order valence-corrected chi connectivity index (χ0v) is 42.2. The highest BCUT2D eigenvalue weighted by atomic mass is 33.1. The molecule has 0 saturated carbocycles. The van der Waals surface area contributed by atoms with Crippen LogP contribution in [0, 0.1) is 5.41 Å². The smallest absolute Gasteiger partial charge is 0.227 e. The molecule has 0 aliphatic carbocycles. The summed E-state index contributed by atoms with van der Waals surface area (Å²) >= 11 is 0. The van der Waals surface area contributed by atoms with Crippen molar-refractivity contribution < 1.29 is 28.7 Å². The molecule has 4 amide bonds. The Labute approximate surface area is 390 Å². The number of fused-ring (bicyclic) bond motifs is 5. The third-order valence-corrected chi connectivity index (χ3v) is 14.9. The Bertz CT molecular complexity index is 2060. The molecule has 13 nitrogen and oxygen atoms in total. The van der Waals surface area contributed by atoms with Gasteiger partial charge < -0.3 is 30.7 Å². The molecule has 4 N–H and O–H groups in total. The first kappa shape index (κ1) is 52.7. The molecule has 3 aromatic rings. The molecule has 64 heavy (non-hydrogen) atoms. The fourth-order valence-corrected chi connectivity index (χ4v) is 10.1. The summed E-state index contributed by atoms with van der Waals surface area (Å²) in [5.74, 6) is 0.296. The van der Waals surface area contributed by atoms with Crippen molar-refractivity contribution in [2.75, 3.05) is 23.9 Å². The van der Waals surface area contributed by atoms with Crippen LogP contribution in [0.1, 0.15) is 140 Å². The molecule has 0 unspecified atom stereocenters. The Morgan fingerprint density at radius 2 is 1.41 bits per heavy atom. The van der Waals surface area contributed by atoms with E-state index < -0.39 is 16.6 Å². The van der Waals surface area contributed by atoms with E-state index in [9.17, 15) is 19.2 Å². The van der Waals surface area contributed by atoms with Gasteiger partial charge in [0.15, 0.2) is 0 Å². The number of benzene rings is 2. The van der Waals surface area contributed by atoms with Crippen LogP contribution >= 0.6 is 21.6 Å². The second kappa shape index (κ2) is 22.5. The van der Waals surface area contributed by atoms with Crippen LogP contribution in [-0.4, -0.2) is 85.1 Å². The highest BCUT2D eigenvalue weighted by Crippen LogP contribution is 2.42. The standard InChI is InChI=1S/C49H75N7O6S2/c1-34(2)51-44(60)45(3,4)26-30-61-47(7,8)25-29-56-43-36-18-14-13-17-35(36)33-55(38-20-16-15-19-37(38)42(43)53-54-56)41(59)22-21-40(58)52-46(5,6)27-31-62-48(9,10)28-32-63-64-49(11,12)24-23-39(50)57/h13-20,34H,21-33H2,1-12H3,(H2,50,57)(H,51,60)(H,52,58). The summed E-state index contributed by atoms with van der Waals surface area (Å²) in [5, 5.41) is 15.5. The Balaban J connectivity index is 1.36. The van der Waals surface area contributed by atoms with E-state index in [1.54, 1.807) is 26.5 Å². The summed E-state index contributed by atoms with van der Waals surface area (Å²) in [5.41, 5.74) is 8.36. The lowest BCUT2D eigenvalue weighted by atomic mass is 9.88. The molecule has 0 fully saturated rings. The number of primary amides is 1. The molecule has 15 heteroatoms. The van der Waals surface area contributed by atoms with Crippen LogP contribution < -0.4 is 21.3 Å². The second-order valence-corrected chi connectivity index (χ2v) is 23.6. The van der Waals surface area contributed by atoms with E-state index in [1.165, 1.54) is 0 Å². The quantitative estimate of drug-likeness (QED) is 0.0550. The minimum Gasteiger partial charge on any atom is -0.375 e. The molecule has 0 bridgehead atoms. The Morgan fingerprint density at radius 1 is 0.781 bits per heavy atom. The van der Waals surface area contributed by atoms with Gasteiger partial charge in [0.25, 0.3) is 0 Å². The van der Waals surface area contributed by atoms with Crippen molar-refractivity contribution in [1.82, 2.24) is 25.6 Å². The van der Waals surface area contributed by atoms with Gasteiger partial charge in [-0.2, -0.15) is 0 Å². The van der Waals surface area contributed by atoms with Crippen LogP contribution in [0.3, 0.4) is 0 Å². The van der Waals surface area contributed by atoms with Crippen molar-refractivity contribution in [3.05, 3.63) is 54.1 Å². The van der Waals surface area contributed by atoms with E-state index in [2.05, 4.69) is 57.4 Å². The van der Waals surface area contributed by atoms with Gasteiger partial charge in [0.1, 0.15) is 5.69 Å². The normalized spacial score (nSPS) is 13.4. The number of para-hydroxylation sites is 1. The zero-order chi connectivity index (χ0) is 47.5. The summed E-state index contributed by atoms with van der Waals surface area (Å²) < 4.78 is 14.6. The predicted octanol–water partition coefficient (Wildman–Crippen LogP) is 9.26. The molecular weight excluding hydrogens is 847 g/mol. The average molecular weight is 922 g/mol. The van der Waals surface area contributed by atoms with Crippen molar-refractivity contribution in [3.63, 3.8) is 0 Å². The van der Waals surface area contributed by atoms with Crippen LogP contribution in [0.15, 0.2) is 48.5 Å². The van der Waals surface area contributed by atoms with E-state index >= 15 is 0 Å². The fourth-order valence-electron chi connectivity index (χ4n) is 7.26. The monoisotopic (exact) mass is 922 g/mol. The molecule has 0 radical (unpaired) electrons. The van der Waals surface area contributed by atoms with Gasteiger partial charge in [-0.25, -0.2) is 4.68 Å². The molecular formula is C49H75N7O6S2. The molecule has 2 aromatic carbocycles. The van der Waals surface area contributed by atoms with Crippen LogP contribution in [0.25, 0.3) is 22.5 Å². The molecule has 1 aliphatic heterocycles. The van der Waals surface area contributed by atoms with Crippen LogP contribution in [0.4, 0.5) is 5.69 Å². The van der Waals surface area contributed by atoms with Gasteiger partial charge in [0, 0.05) is 77.6 Å². The zero-order valence-electron chi connectivity index (χ0n) is 40.5. The SMILES string of the molecule is CC(C)NC(=O)C(C)(C)CCOC(C)(C)CCn1nnc2c1-c1ccccc1CN(C(=O)CCC(=O)NC(C)(C)CCOC(C)(C)CCSSC(C)(C)CCC(N)=O)c1ccccc1-2. The number of ether oxygens (including phenoxy) is 2. The number of anilines is 1. The number of hydrogen-bond acceptors (Lipinski definition) is 10. The van der Waals surface area contributed by atoms with Crippen molar-refractivity contribution >= 4 is 50.9 Å². The first-order valence-electron chi connectivity index (χ1n) is 22.7. The highest BCUT2D eigenvalue weighted by Gasteiger charge is 2.32. The van der Waals surface area contributed by atoms with Gasteiger partial charge >= 0.3 is 0 Å². The third-order valence-electron chi connectivity index (χ3n) is 11.6. The molecule has 0 saturated heterocycles. The number of nitrogens with one attached hydrogen (secondary N) is 2. The maximum absolute atomic E-state index is 14.2. The van der Waals surface area contributed by atoms with Gasteiger partial charge in [-0.05, 0) is 113 Å². The van der Waals surface area contributed by atoms with Gasteiger partial charge in [0.2, 0.25) is 23.6 Å². The number of aromatic nitrogens is 3. The van der Waals surface area contributed by atoms with E-state index in [0.717, 1.165) is 41.0 Å². The maximum atomic E-state index is 14.2. The first-order chi connectivity index (χ1) is 29.8. The van der Waals surface area contributed by atoms with E-state index in [0.29, 0.717) is 63.4 Å². The largest absolute Gasteiger partial charge is 0.375 e. The van der Waals surface area contributed by atoms with E-state index in [4.69, 9.17) is 20.3 Å². The van der Waals surface area contributed by atoms with Crippen molar-refractivity contribution in [3.8, 4) is 22.5 Å². The lowest BCUT2D eigenvalue weighted by Gasteiger charge is -2.31. The molecule has 4 rings (SSSR count). The first-order valence-corrected chi connectivity index (χ1v) is 25.0.